The van der Waals surface area contributed by atoms with Gasteiger partial charge in [-0.3, -0.25) is 19.3 Å². The Morgan fingerprint density at radius 3 is 2.53 bits per heavy atom. The molecular formula is C22H21N3O4S. The Labute approximate surface area is 177 Å². The van der Waals surface area contributed by atoms with E-state index in [-0.39, 0.29) is 35.5 Å². The summed E-state index contributed by atoms with van der Waals surface area (Å²) in [6, 6.07) is 6.62. The maximum Gasteiger partial charge on any atom is 0.249 e. The van der Waals surface area contributed by atoms with Gasteiger partial charge in [-0.1, -0.05) is 24.3 Å². The SMILES string of the molecule is COc1ccccc1-c1csc(NC(=O)[C@H](C)N2C(=O)[C@H]3[C@H](C2=O)[C@H]2C=C[C@H]3C2)n1. The summed E-state index contributed by atoms with van der Waals surface area (Å²) in [4.78, 5) is 44.3. The maximum atomic E-state index is 12.9. The number of likely N-dealkylation sites (tertiary alicyclic amines) is 1. The smallest absolute Gasteiger partial charge is 0.249 e. The summed E-state index contributed by atoms with van der Waals surface area (Å²) >= 11 is 1.28. The van der Waals surface area contributed by atoms with Gasteiger partial charge in [-0.25, -0.2) is 4.98 Å². The molecule has 30 heavy (non-hydrogen) atoms. The summed E-state index contributed by atoms with van der Waals surface area (Å²) < 4.78 is 5.37. The highest BCUT2D eigenvalue weighted by Crippen LogP contribution is 2.52. The average molecular weight is 423 g/mol. The van der Waals surface area contributed by atoms with Crippen molar-refractivity contribution in [2.75, 3.05) is 12.4 Å². The number of aromatic nitrogens is 1. The molecule has 2 heterocycles. The third-order valence-corrected chi connectivity index (χ3v) is 7.15. The Morgan fingerprint density at radius 1 is 1.20 bits per heavy atom. The topological polar surface area (TPSA) is 88.6 Å². The molecule has 2 aliphatic carbocycles. The molecular weight excluding hydrogens is 402 g/mol. The third-order valence-electron chi connectivity index (χ3n) is 6.39. The number of allylic oxidation sites excluding steroid dienone is 2. The Bertz CT molecular complexity index is 1050. The van der Waals surface area contributed by atoms with Crippen LogP contribution < -0.4 is 10.1 Å². The van der Waals surface area contributed by atoms with Gasteiger partial charge < -0.3 is 10.1 Å². The molecule has 1 aromatic carbocycles. The first kappa shape index (κ1) is 19.0. The molecule has 3 amide bonds. The fourth-order valence-corrected chi connectivity index (χ4v) is 5.66. The monoisotopic (exact) mass is 423 g/mol. The Kier molecular flexibility index (Phi) is 4.47. The lowest BCUT2D eigenvalue weighted by Gasteiger charge is -2.23. The quantitative estimate of drug-likeness (QED) is 0.590. The van der Waals surface area contributed by atoms with E-state index in [1.54, 1.807) is 14.0 Å². The third kappa shape index (κ3) is 2.78. The number of methoxy groups -OCH3 is 1. The highest BCUT2D eigenvalue weighted by molar-refractivity contribution is 7.14. The molecule has 1 N–H and O–H groups in total. The number of para-hydroxylation sites is 1. The van der Waals surface area contributed by atoms with E-state index in [1.807, 2.05) is 41.8 Å². The van der Waals surface area contributed by atoms with Crippen LogP contribution in [-0.2, 0) is 14.4 Å². The van der Waals surface area contributed by atoms with Crippen molar-refractivity contribution in [1.29, 1.82) is 0 Å². The number of benzene rings is 1. The summed E-state index contributed by atoms with van der Waals surface area (Å²) in [5, 5.41) is 5.00. The van der Waals surface area contributed by atoms with Gasteiger partial charge in [0, 0.05) is 10.9 Å². The van der Waals surface area contributed by atoms with Gasteiger partial charge in [-0.15, -0.1) is 11.3 Å². The molecule has 3 aliphatic rings. The summed E-state index contributed by atoms with van der Waals surface area (Å²) in [6.07, 6.45) is 4.95. The molecule has 0 spiro atoms. The zero-order valence-electron chi connectivity index (χ0n) is 16.6. The van der Waals surface area contributed by atoms with Crippen LogP contribution in [0.1, 0.15) is 13.3 Å². The van der Waals surface area contributed by atoms with Crippen molar-refractivity contribution in [3.05, 3.63) is 41.8 Å². The van der Waals surface area contributed by atoms with Gasteiger partial charge in [-0.2, -0.15) is 0 Å². The lowest BCUT2D eigenvalue weighted by atomic mass is 9.85. The van der Waals surface area contributed by atoms with Crippen LogP contribution in [0.15, 0.2) is 41.8 Å². The number of thiazole rings is 1. The van der Waals surface area contributed by atoms with Crippen LogP contribution in [-0.4, -0.2) is 40.8 Å². The van der Waals surface area contributed by atoms with Crippen LogP contribution >= 0.6 is 11.3 Å². The van der Waals surface area contributed by atoms with E-state index in [4.69, 9.17) is 4.74 Å². The van der Waals surface area contributed by atoms with E-state index < -0.39 is 11.9 Å². The van der Waals surface area contributed by atoms with Gasteiger partial charge in [0.15, 0.2) is 5.13 Å². The number of fused-ring (bicyclic) bond motifs is 5. The molecule has 8 heteroatoms. The van der Waals surface area contributed by atoms with Crippen molar-refractivity contribution in [2.24, 2.45) is 23.7 Å². The van der Waals surface area contributed by atoms with Gasteiger partial charge >= 0.3 is 0 Å². The van der Waals surface area contributed by atoms with Crippen molar-refractivity contribution in [3.8, 4) is 17.0 Å². The lowest BCUT2D eigenvalue weighted by molar-refractivity contribution is -0.146. The van der Waals surface area contributed by atoms with E-state index in [1.165, 1.54) is 11.3 Å². The fraction of sp³-hybridized carbons (Fsp3) is 0.364. The molecule has 1 aromatic heterocycles. The molecule has 2 aromatic rings. The van der Waals surface area contributed by atoms with E-state index in [0.29, 0.717) is 16.6 Å². The highest BCUT2D eigenvalue weighted by Gasteiger charge is 2.60. The number of amides is 3. The van der Waals surface area contributed by atoms with Crippen molar-refractivity contribution >= 4 is 34.2 Å². The number of anilines is 1. The van der Waals surface area contributed by atoms with Crippen LogP contribution in [0.4, 0.5) is 5.13 Å². The van der Waals surface area contributed by atoms with Crippen LogP contribution in [0, 0.1) is 23.7 Å². The minimum Gasteiger partial charge on any atom is -0.496 e. The standard InChI is InChI=1S/C22H21N3O4S/c1-11(25-20(27)17-12-7-8-13(9-12)18(17)21(25)28)19(26)24-22-23-15(10-30-22)14-5-3-4-6-16(14)29-2/h3-8,10-13,17-18H,9H2,1-2H3,(H,23,24,26)/t11-,12-,13-,17+,18+/m0/s1. The molecule has 7 nitrogen and oxygen atoms in total. The van der Waals surface area contributed by atoms with Crippen LogP contribution in [0.5, 0.6) is 5.75 Å². The largest absolute Gasteiger partial charge is 0.496 e. The predicted molar refractivity (Wildman–Crippen MR) is 112 cm³/mol. The minimum absolute atomic E-state index is 0.124. The lowest BCUT2D eigenvalue weighted by Crippen LogP contribution is -2.46. The second-order valence-corrected chi connectivity index (χ2v) is 8.81. The molecule has 2 fully saturated rings. The zero-order chi connectivity index (χ0) is 21.0. The molecule has 0 unspecified atom stereocenters. The van der Waals surface area contributed by atoms with Gasteiger partial charge in [0.1, 0.15) is 11.8 Å². The van der Waals surface area contributed by atoms with Gasteiger partial charge in [0.25, 0.3) is 0 Å². The molecule has 1 saturated heterocycles. The molecule has 2 bridgehead atoms. The Morgan fingerprint density at radius 2 is 1.87 bits per heavy atom. The normalized spacial score (nSPS) is 27.5. The van der Waals surface area contributed by atoms with E-state index in [0.717, 1.165) is 16.9 Å². The minimum atomic E-state index is -0.881. The summed E-state index contributed by atoms with van der Waals surface area (Å²) in [7, 11) is 1.59. The second-order valence-electron chi connectivity index (χ2n) is 7.95. The second kappa shape index (κ2) is 7.05. The number of hydrogen-bond donors (Lipinski definition) is 1. The van der Waals surface area contributed by atoms with Crippen LogP contribution in [0.3, 0.4) is 0 Å². The number of carbonyl (C=O) groups is 3. The molecule has 154 valence electrons. The maximum absolute atomic E-state index is 12.9. The van der Waals surface area contributed by atoms with Gasteiger partial charge in [0.2, 0.25) is 17.7 Å². The van der Waals surface area contributed by atoms with Crippen LogP contribution in [0.2, 0.25) is 0 Å². The number of imide groups is 1. The highest BCUT2D eigenvalue weighted by atomic mass is 32.1. The number of nitrogens with one attached hydrogen (secondary N) is 1. The van der Waals surface area contributed by atoms with Crippen molar-refractivity contribution in [1.82, 2.24) is 9.88 Å². The van der Waals surface area contributed by atoms with Crippen molar-refractivity contribution in [2.45, 2.75) is 19.4 Å². The molecule has 5 rings (SSSR count). The molecule has 1 saturated carbocycles. The van der Waals surface area contributed by atoms with E-state index in [2.05, 4.69) is 10.3 Å². The van der Waals surface area contributed by atoms with E-state index >= 15 is 0 Å². The van der Waals surface area contributed by atoms with Crippen molar-refractivity contribution < 1.29 is 19.1 Å². The van der Waals surface area contributed by atoms with Crippen molar-refractivity contribution in [3.63, 3.8) is 0 Å². The molecule has 5 atom stereocenters. The average Bonchev–Trinajstić information content (AvgIpc) is 3.52. The Hall–Kier alpha value is -3.00. The first-order valence-electron chi connectivity index (χ1n) is 9.94. The zero-order valence-corrected chi connectivity index (χ0v) is 17.4. The van der Waals surface area contributed by atoms with Crippen LogP contribution in [0.25, 0.3) is 11.3 Å². The first-order valence-corrected chi connectivity index (χ1v) is 10.8. The van der Waals surface area contributed by atoms with Gasteiger partial charge in [0.05, 0.1) is 24.6 Å². The summed E-state index contributed by atoms with van der Waals surface area (Å²) in [6.45, 7) is 1.59. The number of ether oxygens (including phenoxy) is 1. The number of rotatable bonds is 5. The fourth-order valence-electron chi connectivity index (χ4n) is 4.95. The number of carbonyl (C=O) groups excluding carboxylic acids is 3. The Balaban J connectivity index is 1.31. The summed E-state index contributed by atoms with van der Waals surface area (Å²) in [5.41, 5.74) is 1.51. The molecule has 1 aliphatic heterocycles. The first-order chi connectivity index (χ1) is 14.5. The predicted octanol–water partition coefficient (Wildman–Crippen LogP) is 2.95. The van der Waals surface area contributed by atoms with E-state index in [9.17, 15) is 14.4 Å². The van der Waals surface area contributed by atoms with Gasteiger partial charge in [-0.05, 0) is 37.3 Å². The number of hydrogen-bond acceptors (Lipinski definition) is 6. The number of nitrogens with zero attached hydrogens (tertiary/aromatic N) is 2. The molecule has 0 radical (unpaired) electrons. The summed E-state index contributed by atoms with van der Waals surface area (Å²) in [5.74, 6) is -0.538.